The van der Waals surface area contributed by atoms with Gasteiger partial charge in [0.2, 0.25) is 0 Å². The summed E-state index contributed by atoms with van der Waals surface area (Å²) < 4.78 is 24.2. The van der Waals surface area contributed by atoms with E-state index in [-0.39, 0.29) is 5.82 Å². The van der Waals surface area contributed by atoms with Crippen LogP contribution in [0.1, 0.15) is 5.69 Å². The van der Waals surface area contributed by atoms with E-state index in [2.05, 4.69) is 44.1 Å². The summed E-state index contributed by atoms with van der Waals surface area (Å²) in [4.78, 5) is 8.79. The maximum atomic E-state index is 14.8. The molecule has 0 fully saturated rings. The molecule has 3 aromatic heterocycles. The lowest BCUT2D eigenvalue weighted by atomic mass is 10.1. The molecule has 32 heavy (non-hydrogen) atoms. The zero-order valence-corrected chi connectivity index (χ0v) is 18.3. The lowest BCUT2D eigenvalue weighted by Gasteiger charge is -2.11. The largest absolute Gasteiger partial charge is 0.496 e. The highest BCUT2D eigenvalue weighted by Gasteiger charge is 2.17. The van der Waals surface area contributed by atoms with Crippen molar-refractivity contribution in [3.63, 3.8) is 0 Å². The zero-order valence-electron chi connectivity index (χ0n) is 18.3. The Balaban J connectivity index is 1.36. The van der Waals surface area contributed by atoms with Crippen molar-refractivity contribution >= 4 is 27.6 Å². The van der Waals surface area contributed by atoms with Crippen LogP contribution in [0, 0.1) is 12.7 Å². The lowest BCUT2D eigenvalue weighted by Crippen LogP contribution is -2.12. The Morgan fingerprint density at radius 3 is 2.78 bits per heavy atom. The van der Waals surface area contributed by atoms with Crippen molar-refractivity contribution in [2.75, 3.05) is 19.0 Å². The van der Waals surface area contributed by atoms with Gasteiger partial charge in [0, 0.05) is 48.9 Å². The van der Waals surface area contributed by atoms with Crippen LogP contribution in [0.15, 0.2) is 61.1 Å². The minimum atomic E-state index is -0.238. The van der Waals surface area contributed by atoms with E-state index in [1.807, 2.05) is 36.0 Å². The molecule has 0 amide bonds. The molecule has 0 saturated carbocycles. The van der Waals surface area contributed by atoms with Crippen LogP contribution in [0.25, 0.3) is 33.1 Å². The SMILES string of the molecule is COc1cccc2c1c(F)c(C)n2CCNc1cc(-c2ccc3c(ccn3C)c2)ncn1. The van der Waals surface area contributed by atoms with E-state index in [1.54, 1.807) is 26.4 Å². The summed E-state index contributed by atoms with van der Waals surface area (Å²) in [6.07, 6.45) is 3.61. The van der Waals surface area contributed by atoms with Crippen molar-refractivity contribution in [1.29, 1.82) is 0 Å². The van der Waals surface area contributed by atoms with Crippen LogP contribution >= 0.6 is 0 Å². The Morgan fingerprint density at radius 2 is 1.94 bits per heavy atom. The van der Waals surface area contributed by atoms with Crippen molar-refractivity contribution in [3.8, 4) is 17.0 Å². The first-order valence-corrected chi connectivity index (χ1v) is 10.5. The summed E-state index contributed by atoms with van der Waals surface area (Å²) in [7, 11) is 3.59. The summed E-state index contributed by atoms with van der Waals surface area (Å²) in [5, 5.41) is 5.04. The molecule has 5 aromatic rings. The highest BCUT2D eigenvalue weighted by Crippen LogP contribution is 2.32. The molecule has 0 bridgehead atoms. The number of rotatable bonds is 6. The third-order valence-electron chi connectivity index (χ3n) is 5.95. The summed E-state index contributed by atoms with van der Waals surface area (Å²) in [5.74, 6) is 1.04. The van der Waals surface area contributed by atoms with E-state index in [0.29, 0.717) is 29.9 Å². The van der Waals surface area contributed by atoms with Crippen LogP contribution in [-0.2, 0) is 13.6 Å². The highest BCUT2D eigenvalue weighted by atomic mass is 19.1. The summed E-state index contributed by atoms with van der Waals surface area (Å²) in [6.45, 7) is 2.97. The minimum absolute atomic E-state index is 0.238. The number of fused-ring (bicyclic) bond motifs is 2. The number of benzene rings is 2. The Labute approximate surface area is 185 Å². The van der Waals surface area contributed by atoms with E-state index in [0.717, 1.165) is 22.6 Å². The molecule has 3 heterocycles. The molecule has 0 unspecified atom stereocenters. The summed E-state index contributed by atoms with van der Waals surface area (Å²) in [6, 6.07) is 15.9. The van der Waals surface area contributed by atoms with Gasteiger partial charge in [-0.05, 0) is 37.3 Å². The van der Waals surface area contributed by atoms with E-state index in [4.69, 9.17) is 4.74 Å². The van der Waals surface area contributed by atoms with Crippen molar-refractivity contribution in [3.05, 3.63) is 72.6 Å². The van der Waals surface area contributed by atoms with Gasteiger partial charge in [-0.1, -0.05) is 12.1 Å². The topological polar surface area (TPSA) is 56.9 Å². The molecule has 162 valence electrons. The Hall–Kier alpha value is -3.87. The maximum Gasteiger partial charge on any atom is 0.155 e. The molecule has 6 nitrogen and oxygen atoms in total. The fourth-order valence-electron chi connectivity index (χ4n) is 4.25. The summed E-state index contributed by atoms with van der Waals surface area (Å²) >= 11 is 0. The molecule has 2 aromatic carbocycles. The van der Waals surface area contributed by atoms with Crippen molar-refractivity contribution in [2.45, 2.75) is 13.5 Å². The molecule has 7 heteroatoms. The van der Waals surface area contributed by atoms with Crippen molar-refractivity contribution in [2.24, 2.45) is 7.05 Å². The van der Waals surface area contributed by atoms with Crippen molar-refractivity contribution < 1.29 is 9.13 Å². The number of nitrogens with zero attached hydrogens (tertiary/aromatic N) is 4. The van der Waals surface area contributed by atoms with Gasteiger partial charge in [-0.2, -0.15) is 0 Å². The number of halogens is 1. The fourth-order valence-corrected chi connectivity index (χ4v) is 4.25. The van der Waals surface area contributed by atoms with Gasteiger partial charge < -0.3 is 19.2 Å². The van der Waals surface area contributed by atoms with Gasteiger partial charge in [-0.15, -0.1) is 0 Å². The van der Waals surface area contributed by atoms with Gasteiger partial charge in [0.1, 0.15) is 17.9 Å². The van der Waals surface area contributed by atoms with Crippen LogP contribution in [0.3, 0.4) is 0 Å². The number of ether oxygens (including phenoxy) is 1. The van der Waals surface area contributed by atoms with Crippen molar-refractivity contribution in [1.82, 2.24) is 19.1 Å². The van der Waals surface area contributed by atoms with Gasteiger partial charge in [0.15, 0.2) is 5.82 Å². The molecular weight excluding hydrogens is 405 g/mol. The third-order valence-corrected chi connectivity index (χ3v) is 5.95. The molecule has 0 atom stereocenters. The van der Waals surface area contributed by atoms with Gasteiger partial charge in [0.05, 0.1) is 29.4 Å². The predicted molar refractivity (Wildman–Crippen MR) is 126 cm³/mol. The van der Waals surface area contributed by atoms with Crippen LogP contribution in [0.2, 0.25) is 0 Å². The van der Waals surface area contributed by atoms with Crippen LogP contribution in [-0.4, -0.2) is 32.8 Å². The highest BCUT2D eigenvalue weighted by molar-refractivity contribution is 5.88. The molecule has 0 aliphatic carbocycles. The quantitative estimate of drug-likeness (QED) is 0.405. The smallest absolute Gasteiger partial charge is 0.155 e. The number of aryl methyl sites for hydroxylation is 1. The number of hydrogen-bond donors (Lipinski definition) is 1. The van der Waals surface area contributed by atoms with E-state index in [1.165, 1.54) is 10.9 Å². The fraction of sp³-hybridized carbons (Fsp3) is 0.200. The Morgan fingerprint density at radius 1 is 1.06 bits per heavy atom. The summed E-state index contributed by atoms with van der Waals surface area (Å²) in [5.41, 5.74) is 4.48. The van der Waals surface area contributed by atoms with E-state index < -0.39 is 0 Å². The zero-order chi connectivity index (χ0) is 22.2. The maximum absolute atomic E-state index is 14.8. The second-order valence-electron chi connectivity index (χ2n) is 7.82. The number of nitrogens with one attached hydrogen (secondary N) is 1. The Kier molecular flexibility index (Phi) is 5.01. The second-order valence-corrected chi connectivity index (χ2v) is 7.82. The van der Waals surface area contributed by atoms with Gasteiger partial charge in [-0.3, -0.25) is 0 Å². The number of methoxy groups -OCH3 is 1. The molecule has 0 spiro atoms. The Bertz CT molecular complexity index is 1440. The normalized spacial score (nSPS) is 11.4. The predicted octanol–water partition coefficient (Wildman–Crippen LogP) is 5.16. The number of anilines is 1. The van der Waals surface area contributed by atoms with Crippen LogP contribution < -0.4 is 10.1 Å². The van der Waals surface area contributed by atoms with Gasteiger partial charge in [-0.25, -0.2) is 14.4 Å². The number of aromatic nitrogens is 4. The van der Waals surface area contributed by atoms with Crippen LogP contribution in [0.5, 0.6) is 5.75 Å². The van der Waals surface area contributed by atoms with E-state index in [9.17, 15) is 4.39 Å². The molecule has 0 aliphatic heterocycles. The van der Waals surface area contributed by atoms with E-state index >= 15 is 0 Å². The standard InChI is InChI=1S/C25H24FN5O/c1-16-25(26)24-21(5-4-6-22(24)32-3)31(16)12-10-27-23-14-19(28-15-29-23)17-7-8-20-18(13-17)9-11-30(20)2/h4-9,11,13-15H,10,12H2,1-3H3,(H,27,28,29). The number of hydrogen-bond acceptors (Lipinski definition) is 4. The average molecular weight is 429 g/mol. The van der Waals surface area contributed by atoms with Gasteiger partial charge >= 0.3 is 0 Å². The first-order chi connectivity index (χ1) is 15.6. The average Bonchev–Trinajstić information content (AvgIpc) is 3.31. The first-order valence-electron chi connectivity index (χ1n) is 10.5. The molecule has 0 saturated heterocycles. The third kappa shape index (κ3) is 3.36. The van der Waals surface area contributed by atoms with Crippen LogP contribution in [0.4, 0.5) is 10.2 Å². The first kappa shape index (κ1) is 20.1. The molecule has 0 radical (unpaired) electrons. The molecule has 5 rings (SSSR count). The van der Waals surface area contributed by atoms with Gasteiger partial charge in [0.25, 0.3) is 0 Å². The molecule has 1 N–H and O–H groups in total. The monoisotopic (exact) mass is 429 g/mol. The molecule has 0 aliphatic rings. The molecular formula is C25H24FN5O. The lowest BCUT2D eigenvalue weighted by molar-refractivity contribution is 0.418. The minimum Gasteiger partial charge on any atom is -0.496 e. The second kappa shape index (κ2) is 8.00.